The second kappa shape index (κ2) is 8.45. The van der Waals surface area contributed by atoms with Gasteiger partial charge in [-0.2, -0.15) is 0 Å². The Morgan fingerprint density at radius 1 is 0.966 bits per heavy atom. The van der Waals surface area contributed by atoms with E-state index in [-0.39, 0.29) is 15.5 Å². The van der Waals surface area contributed by atoms with Crippen molar-refractivity contribution in [1.82, 2.24) is 4.90 Å². The summed E-state index contributed by atoms with van der Waals surface area (Å²) < 4.78 is 52.3. The topological polar surface area (TPSA) is 83.5 Å². The Balaban J connectivity index is 1.80. The number of benzene rings is 2. The lowest BCUT2D eigenvalue weighted by Crippen LogP contribution is -2.19. The van der Waals surface area contributed by atoms with Crippen molar-refractivity contribution in [3.8, 4) is 0 Å². The molecule has 158 valence electrons. The monoisotopic (exact) mass is 436 g/mol. The van der Waals surface area contributed by atoms with Crippen molar-refractivity contribution in [2.45, 2.75) is 50.1 Å². The van der Waals surface area contributed by atoms with Gasteiger partial charge in [0.15, 0.2) is 9.84 Å². The summed E-state index contributed by atoms with van der Waals surface area (Å²) in [4.78, 5) is 2.49. The lowest BCUT2D eigenvalue weighted by atomic mass is 10.1. The van der Waals surface area contributed by atoms with Crippen LogP contribution >= 0.6 is 0 Å². The summed E-state index contributed by atoms with van der Waals surface area (Å²) in [5.74, 6) is 0.594. The maximum absolute atomic E-state index is 12.9. The zero-order valence-corrected chi connectivity index (χ0v) is 18.7. The highest BCUT2D eigenvalue weighted by atomic mass is 32.2. The predicted octanol–water partition coefficient (Wildman–Crippen LogP) is 3.64. The highest BCUT2D eigenvalue weighted by Gasteiger charge is 2.24. The van der Waals surface area contributed by atoms with E-state index in [0.29, 0.717) is 18.2 Å². The third kappa shape index (κ3) is 4.99. The SMILES string of the molecule is CCS(=O)(=O)c1ccc(S(=O)(=O)Nc2cccc3c2CN(CCC(C)C)C3)cc1. The van der Waals surface area contributed by atoms with E-state index in [2.05, 4.69) is 23.5 Å². The van der Waals surface area contributed by atoms with Gasteiger partial charge in [-0.05, 0) is 60.3 Å². The first-order chi connectivity index (χ1) is 13.6. The third-order valence-corrected chi connectivity index (χ3v) is 8.32. The van der Waals surface area contributed by atoms with E-state index in [4.69, 9.17) is 0 Å². The van der Waals surface area contributed by atoms with Gasteiger partial charge in [-0.3, -0.25) is 9.62 Å². The number of sulfonamides is 1. The molecular weight excluding hydrogens is 408 g/mol. The quantitative estimate of drug-likeness (QED) is 0.683. The molecule has 1 N–H and O–H groups in total. The molecule has 29 heavy (non-hydrogen) atoms. The Kier molecular flexibility index (Phi) is 6.36. The van der Waals surface area contributed by atoms with Crippen molar-refractivity contribution in [3.05, 3.63) is 53.6 Å². The average Bonchev–Trinajstić information content (AvgIpc) is 3.10. The van der Waals surface area contributed by atoms with Crippen LogP contribution < -0.4 is 4.72 Å². The van der Waals surface area contributed by atoms with Crippen molar-refractivity contribution < 1.29 is 16.8 Å². The highest BCUT2D eigenvalue weighted by molar-refractivity contribution is 7.92. The zero-order chi connectivity index (χ0) is 21.2. The highest BCUT2D eigenvalue weighted by Crippen LogP contribution is 2.31. The fourth-order valence-corrected chi connectivity index (χ4v) is 5.36. The first-order valence-corrected chi connectivity index (χ1v) is 12.9. The van der Waals surface area contributed by atoms with Gasteiger partial charge >= 0.3 is 0 Å². The fourth-order valence-electron chi connectivity index (χ4n) is 3.38. The predicted molar refractivity (Wildman–Crippen MR) is 115 cm³/mol. The maximum Gasteiger partial charge on any atom is 0.261 e. The van der Waals surface area contributed by atoms with E-state index in [1.807, 2.05) is 12.1 Å². The lowest BCUT2D eigenvalue weighted by Gasteiger charge is -2.16. The molecule has 8 heteroatoms. The van der Waals surface area contributed by atoms with E-state index in [1.165, 1.54) is 24.3 Å². The van der Waals surface area contributed by atoms with Crippen molar-refractivity contribution in [2.24, 2.45) is 5.92 Å². The van der Waals surface area contributed by atoms with Crippen LogP contribution in [0.2, 0.25) is 0 Å². The van der Waals surface area contributed by atoms with Gasteiger partial charge in [-0.25, -0.2) is 16.8 Å². The summed E-state index contributed by atoms with van der Waals surface area (Å²) in [5, 5.41) is 0. The molecule has 0 fully saturated rings. The van der Waals surface area contributed by atoms with Crippen LogP contribution in [0, 0.1) is 5.92 Å². The molecule has 0 atom stereocenters. The third-order valence-electron chi connectivity index (χ3n) is 5.19. The number of nitrogens with zero attached hydrogens (tertiary/aromatic N) is 1. The summed E-state index contributed by atoms with van der Waals surface area (Å²) >= 11 is 0. The Bertz CT molecular complexity index is 1080. The van der Waals surface area contributed by atoms with Crippen molar-refractivity contribution in [2.75, 3.05) is 17.0 Å². The summed E-state index contributed by atoms with van der Waals surface area (Å²) in [6.07, 6.45) is 1.10. The van der Waals surface area contributed by atoms with E-state index in [1.54, 1.807) is 13.0 Å². The van der Waals surface area contributed by atoms with E-state index in [0.717, 1.165) is 30.6 Å². The molecule has 0 bridgehead atoms. The van der Waals surface area contributed by atoms with Crippen LogP contribution in [0.5, 0.6) is 0 Å². The molecule has 0 saturated heterocycles. The van der Waals surface area contributed by atoms with E-state index in [9.17, 15) is 16.8 Å². The number of fused-ring (bicyclic) bond motifs is 1. The van der Waals surface area contributed by atoms with Gasteiger partial charge in [0, 0.05) is 13.1 Å². The molecular formula is C21H28N2O4S2. The number of hydrogen-bond donors (Lipinski definition) is 1. The molecule has 1 aliphatic heterocycles. The Hall–Kier alpha value is -1.90. The van der Waals surface area contributed by atoms with Crippen LogP contribution in [0.25, 0.3) is 0 Å². The first kappa shape index (κ1) is 21.8. The van der Waals surface area contributed by atoms with Crippen molar-refractivity contribution in [3.63, 3.8) is 0 Å². The largest absolute Gasteiger partial charge is 0.295 e. The molecule has 1 heterocycles. The van der Waals surface area contributed by atoms with Gasteiger partial charge in [-0.15, -0.1) is 0 Å². The molecule has 0 spiro atoms. The van der Waals surface area contributed by atoms with Crippen LogP contribution in [-0.4, -0.2) is 34.0 Å². The summed E-state index contributed by atoms with van der Waals surface area (Å²) in [7, 11) is -7.18. The normalized spacial score (nSPS) is 14.9. The Labute approximate surface area is 173 Å². The zero-order valence-electron chi connectivity index (χ0n) is 17.1. The average molecular weight is 437 g/mol. The molecule has 6 nitrogen and oxygen atoms in total. The van der Waals surface area contributed by atoms with Crippen LogP contribution in [0.3, 0.4) is 0 Å². The van der Waals surface area contributed by atoms with E-state index >= 15 is 0 Å². The first-order valence-electron chi connectivity index (χ1n) is 9.81. The smallest absolute Gasteiger partial charge is 0.261 e. The van der Waals surface area contributed by atoms with Gasteiger partial charge < -0.3 is 0 Å². The summed E-state index contributed by atoms with van der Waals surface area (Å²) in [6, 6.07) is 11.0. The fraction of sp³-hybridized carbons (Fsp3) is 0.429. The number of nitrogens with one attached hydrogen (secondary N) is 1. The van der Waals surface area contributed by atoms with Crippen LogP contribution in [-0.2, 0) is 33.0 Å². The summed E-state index contributed by atoms with van der Waals surface area (Å²) in [6.45, 7) is 8.46. The second-order valence-corrected chi connectivity index (χ2v) is 11.8. The molecule has 1 aliphatic rings. The molecule has 0 aromatic heterocycles. The lowest BCUT2D eigenvalue weighted by molar-refractivity contribution is 0.266. The molecule has 0 unspecified atom stereocenters. The van der Waals surface area contributed by atoms with Crippen LogP contribution in [0.4, 0.5) is 5.69 Å². The van der Waals surface area contributed by atoms with Crippen molar-refractivity contribution in [1.29, 1.82) is 0 Å². The minimum atomic E-state index is -3.81. The molecule has 0 saturated carbocycles. The van der Waals surface area contributed by atoms with Gasteiger partial charge in [-0.1, -0.05) is 32.9 Å². The minimum Gasteiger partial charge on any atom is -0.295 e. The minimum absolute atomic E-state index is 0.0270. The number of sulfone groups is 1. The Morgan fingerprint density at radius 2 is 1.62 bits per heavy atom. The molecule has 2 aromatic carbocycles. The molecule has 2 aromatic rings. The molecule has 0 amide bonds. The number of hydrogen-bond acceptors (Lipinski definition) is 5. The van der Waals surface area contributed by atoms with Gasteiger partial charge in [0.2, 0.25) is 0 Å². The number of rotatable bonds is 8. The molecule has 0 aliphatic carbocycles. The number of anilines is 1. The standard InChI is InChI=1S/C21H28N2O4S2/c1-4-28(24,25)18-8-10-19(11-9-18)29(26,27)22-21-7-5-6-17-14-23(15-20(17)21)13-12-16(2)3/h5-11,16,22H,4,12-15H2,1-3H3. The second-order valence-electron chi connectivity index (χ2n) is 7.82. The van der Waals surface area contributed by atoms with Gasteiger partial charge in [0.1, 0.15) is 0 Å². The summed E-state index contributed by atoms with van der Waals surface area (Å²) in [5.41, 5.74) is 2.73. The van der Waals surface area contributed by atoms with Gasteiger partial charge in [0.25, 0.3) is 10.0 Å². The Morgan fingerprint density at radius 3 is 2.24 bits per heavy atom. The van der Waals surface area contributed by atoms with Crippen molar-refractivity contribution >= 4 is 25.5 Å². The van der Waals surface area contributed by atoms with E-state index < -0.39 is 19.9 Å². The molecule has 3 rings (SSSR count). The van der Waals surface area contributed by atoms with Crippen LogP contribution in [0.15, 0.2) is 52.3 Å². The maximum atomic E-state index is 12.9. The van der Waals surface area contributed by atoms with Crippen LogP contribution in [0.1, 0.15) is 38.3 Å². The molecule has 0 radical (unpaired) electrons. The van der Waals surface area contributed by atoms with Gasteiger partial charge in [0.05, 0.1) is 21.2 Å².